The first-order chi connectivity index (χ1) is 21.2. The zero-order valence-electron chi connectivity index (χ0n) is 23.6. The van der Waals surface area contributed by atoms with Crippen molar-refractivity contribution in [3.05, 3.63) is 119 Å². The fourth-order valence-electron chi connectivity index (χ4n) is 3.93. The van der Waals surface area contributed by atoms with Gasteiger partial charge in [0, 0.05) is 21.8 Å². The Bertz CT molecular complexity index is 1690. The second-order valence-electron chi connectivity index (χ2n) is 9.24. The van der Waals surface area contributed by atoms with Crippen molar-refractivity contribution < 1.29 is 34.1 Å². The van der Waals surface area contributed by atoms with E-state index in [-0.39, 0.29) is 22.7 Å². The summed E-state index contributed by atoms with van der Waals surface area (Å²) in [6.45, 7) is 2.40. The van der Waals surface area contributed by atoms with Crippen LogP contribution in [-0.4, -0.2) is 46.3 Å². The molecule has 0 radical (unpaired) electrons. The summed E-state index contributed by atoms with van der Waals surface area (Å²) in [5, 5.41) is 26.9. The van der Waals surface area contributed by atoms with Crippen LogP contribution in [0.3, 0.4) is 0 Å². The van der Waals surface area contributed by atoms with Crippen molar-refractivity contribution in [3.8, 4) is 11.5 Å². The van der Waals surface area contributed by atoms with Crippen LogP contribution in [0.5, 0.6) is 11.5 Å². The number of carboxylic acids is 1. The lowest BCUT2D eigenvalue weighted by Crippen LogP contribution is -2.30. The number of aromatic hydroxyl groups is 1. The minimum atomic E-state index is -1.32. The number of carbonyl (C=O) groups is 4. The zero-order valence-corrected chi connectivity index (χ0v) is 24.4. The molecule has 5 N–H and O–H groups in total. The highest BCUT2D eigenvalue weighted by Gasteiger charge is 2.16. The summed E-state index contributed by atoms with van der Waals surface area (Å²) in [7, 11) is 0. The summed E-state index contributed by atoms with van der Waals surface area (Å²) in [4.78, 5) is 50.7. The van der Waals surface area contributed by atoms with Crippen LogP contribution in [0.1, 0.15) is 33.2 Å². The van der Waals surface area contributed by atoms with Crippen LogP contribution >= 0.6 is 11.8 Å². The first-order valence-corrected chi connectivity index (χ1v) is 14.4. The Morgan fingerprint density at radius 3 is 2.27 bits per heavy atom. The maximum Gasteiger partial charge on any atom is 0.339 e. The average molecular weight is 612 g/mol. The van der Waals surface area contributed by atoms with Gasteiger partial charge in [-0.2, -0.15) is 0 Å². The predicted molar refractivity (Wildman–Crippen MR) is 169 cm³/mol. The number of ether oxygens (including phenoxy) is 1. The molecule has 0 aliphatic heterocycles. The van der Waals surface area contributed by atoms with Crippen molar-refractivity contribution in [2.75, 3.05) is 23.0 Å². The molecule has 44 heavy (non-hydrogen) atoms. The van der Waals surface area contributed by atoms with E-state index >= 15 is 0 Å². The Labute approximate surface area is 257 Å². The Morgan fingerprint density at radius 2 is 1.57 bits per heavy atom. The van der Waals surface area contributed by atoms with Crippen molar-refractivity contribution in [2.45, 2.75) is 11.8 Å². The third-order valence-electron chi connectivity index (χ3n) is 6.00. The second-order valence-corrected chi connectivity index (χ2v) is 10.3. The number of phenols is 1. The van der Waals surface area contributed by atoms with Crippen molar-refractivity contribution >= 4 is 52.9 Å². The van der Waals surface area contributed by atoms with Crippen LogP contribution in [0.25, 0.3) is 6.08 Å². The Balaban J connectivity index is 1.45. The second kappa shape index (κ2) is 15.1. The normalized spacial score (nSPS) is 10.9. The van der Waals surface area contributed by atoms with Crippen molar-refractivity contribution in [2.24, 2.45) is 0 Å². The lowest BCUT2D eigenvalue weighted by atomic mass is 10.1. The smallest absolute Gasteiger partial charge is 0.339 e. The highest BCUT2D eigenvalue weighted by atomic mass is 32.2. The van der Waals surface area contributed by atoms with Gasteiger partial charge in [0.15, 0.2) is 0 Å². The van der Waals surface area contributed by atoms with E-state index in [0.29, 0.717) is 34.1 Å². The molecule has 0 aromatic heterocycles. The summed E-state index contributed by atoms with van der Waals surface area (Å²) in [5.41, 5.74) is 1.44. The minimum absolute atomic E-state index is 0.00327. The van der Waals surface area contributed by atoms with E-state index in [0.717, 1.165) is 0 Å². The first-order valence-electron chi connectivity index (χ1n) is 13.4. The van der Waals surface area contributed by atoms with E-state index in [9.17, 15) is 24.3 Å². The van der Waals surface area contributed by atoms with Crippen molar-refractivity contribution in [3.63, 3.8) is 0 Å². The summed E-state index contributed by atoms with van der Waals surface area (Å²) in [5.74, 6) is -2.43. The molecule has 4 rings (SSSR count). The molecule has 0 fully saturated rings. The Morgan fingerprint density at radius 1 is 0.841 bits per heavy atom. The van der Waals surface area contributed by atoms with Gasteiger partial charge in [0.05, 0.1) is 12.4 Å². The molecule has 0 atom stereocenters. The molecule has 0 unspecified atom stereocenters. The molecule has 0 aliphatic carbocycles. The molecule has 11 heteroatoms. The van der Waals surface area contributed by atoms with E-state index in [2.05, 4.69) is 16.0 Å². The molecule has 0 saturated carbocycles. The highest BCUT2D eigenvalue weighted by Crippen LogP contribution is 2.24. The molecular formula is C33H29N3O7S. The Kier molecular flexibility index (Phi) is 10.8. The van der Waals surface area contributed by atoms with E-state index < -0.39 is 29.4 Å². The quantitative estimate of drug-likeness (QED) is 0.0785. The molecule has 224 valence electrons. The number of aromatic carboxylic acids is 1. The van der Waals surface area contributed by atoms with Crippen LogP contribution in [0.2, 0.25) is 0 Å². The topological polar surface area (TPSA) is 154 Å². The van der Waals surface area contributed by atoms with Crippen LogP contribution in [0.15, 0.2) is 108 Å². The number of benzene rings is 4. The number of amides is 3. The van der Waals surface area contributed by atoms with E-state index in [4.69, 9.17) is 9.84 Å². The number of carbonyl (C=O) groups excluding carboxylic acids is 3. The van der Waals surface area contributed by atoms with Gasteiger partial charge in [0.2, 0.25) is 5.91 Å². The number of hydrogen-bond acceptors (Lipinski definition) is 7. The minimum Gasteiger partial charge on any atom is -0.507 e. The molecule has 0 spiro atoms. The fourth-order valence-corrected chi connectivity index (χ4v) is 4.68. The number of carboxylic acid groups (broad SMARTS) is 1. The van der Waals surface area contributed by atoms with Crippen molar-refractivity contribution in [1.29, 1.82) is 0 Å². The number of thioether (sulfide) groups is 1. The largest absolute Gasteiger partial charge is 0.507 e. The average Bonchev–Trinajstić information content (AvgIpc) is 3.02. The van der Waals surface area contributed by atoms with Gasteiger partial charge < -0.3 is 30.9 Å². The molecular weight excluding hydrogens is 582 g/mol. The van der Waals surface area contributed by atoms with Gasteiger partial charge in [-0.3, -0.25) is 14.4 Å². The van der Waals surface area contributed by atoms with E-state index in [1.165, 1.54) is 30.0 Å². The lowest BCUT2D eigenvalue weighted by Gasteiger charge is -2.12. The van der Waals surface area contributed by atoms with E-state index in [1.807, 2.05) is 6.92 Å². The van der Waals surface area contributed by atoms with Gasteiger partial charge in [0.1, 0.15) is 22.8 Å². The molecule has 0 saturated heterocycles. The van der Waals surface area contributed by atoms with Crippen molar-refractivity contribution in [1.82, 2.24) is 5.32 Å². The standard InChI is InChI=1S/C33H29N3O7S/c1-2-43-25-14-11-21(12-15-25)17-28(36-31(39)22-7-4-3-5-8-22)32(40)35-23-9-6-10-26(18-23)44-20-30(38)34-24-13-16-29(37)27(19-24)33(41)42/h3-19,37H,2,20H2,1H3,(H,34,38)(H,35,40)(H,36,39)(H,41,42)/b28-17+. The van der Waals surface area contributed by atoms with Crippen LogP contribution < -0.4 is 20.7 Å². The third kappa shape index (κ3) is 8.97. The van der Waals surface area contributed by atoms with Crippen LogP contribution in [0.4, 0.5) is 11.4 Å². The summed E-state index contributed by atoms with van der Waals surface area (Å²) >= 11 is 1.20. The summed E-state index contributed by atoms with van der Waals surface area (Å²) in [6, 6.07) is 26.2. The molecule has 3 amide bonds. The van der Waals surface area contributed by atoms with Crippen LogP contribution in [0, 0.1) is 0 Å². The molecule has 10 nitrogen and oxygen atoms in total. The van der Waals surface area contributed by atoms with Gasteiger partial charge in [-0.1, -0.05) is 36.4 Å². The molecule has 4 aromatic carbocycles. The molecule has 0 bridgehead atoms. The number of nitrogens with one attached hydrogen (secondary N) is 3. The predicted octanol–water partition coefficient (Wildman–Crippen LogP) is 5.63. The molecule has 0 heterocycles. The zero-order chi connectivity index (χ0) is 31.5. The summed E-state index contributed by atoms with van der Waals surface area (Å²) in [6.07, 6.45) is 1.56. The van der Waals surface area contributed by atoms with Gasteiger partial charge in [-0.05, 0) is 79.2 Å². The van der Waals surface area contributed by atoms with Gasteiger partial charge >= 0.3 is 5.97 Å². The van der Waals surface area contributed by atoms with Crippen LogP contribution in [-0.2, 0) is 9.59 Å². The third-order valence-corrected chi connectivity index (χ3v) is 7.00. The number of rotatable bonds is 12. The lowest BCUT2D eigenvalue weighted by molar-refractivity contribution is -0.114. The monoisotopic (exact) mass is 611 g/mol. The Hall–Kier alpha value is -5.55. The maximum absolute atomic E-state index is 13.4. The summed E-state index contributed by atoms with van der Waals surface area (Å²) < 4.78 is 5.48. The highest BCUT2D eigenvalue weighted by molar-refractivity contribution is 8.00. The molecule has 0 aliphatic rings. The molecule has 4 aromatic rings. The SMILES string of the molecule is CCOc1ccc(/C=C(/NC(=O)c2ccccc2)C(=O)Nc2cccc(SCC(=O)Nc3ccc(O)c(C(=O)O)c3)c2)cc1. The van der Waals surface area contributed by atoms with Gasteiger partial charge in [0.25, 0.3) is 11.8 Å². The van der Waals surface area contributed by atoms with Gasteiger partial charge in [-0.15, -0.1) is 11.8 Å². The number of anilines is 2. The maximum atomic E-state index is 13.4. The number of hydrogen-bond donors (Lipinski definition) is 5. The van der Waals surface area contributed by atoms with Gasteiger partial charge in [-0.25, -0.2) is 4.79 Å². The van der Waals surface area contributed by atoms with E-state index in [1.54, 1.807) is 84.9 Å². The fraction of sp³-hybridized carbons (Fsp3) is 0.0909. The first kappa shape index (κ1) is 31.4.